The van der Waals surface area contributed by atoms with E-state index in [1.54, 1.807) is 22.9 Å². The van der Waals surface area contributed by atoms with Gasteiger partial charge in [-0.05, 0) is 36.8 Å². The topological polar surface area (TPSA) is 63.8 Å². The normalized spacial score (nSPS) is 11.3. The molecule has 0 spiro atoms. The molecular formula is C25H20FN3O2. The van der Waals surface area contributed by atoms with Crippen LogP contribution in [-0.4, -0.2) is 14.5 Å². The van der Waals surface area contributed by atoms with E-state index in [0.717, 1.165) is 17.0 Å². The summed E-state index contributed by atoms with van der Waals surface area (Å²) >= 11 is 0. The van der Waals surface area contributed by atoms with Crippen molar-refractivity contribution in [2.75, 3.05) is 0 Å². The second-order valence-electron chi connectivity index (χ2n) is 7.57. The molecular weight excluding hydrogens is 393 g/mol. The lowest BCUT2D eigenvalue weighted by molar-refractivity contribution is 0.491. The first-order valence-electron chi connectivity index (χ1n) is 10.0. The van der Waals surface area contributed by atoms with Crippen LogP contribution in [-0.2, 0) is 12.8 Å². The third kappa shape index (κ3) is 3.80. The lowest BCUT2D eigenvalue weighted by atomic mass is 10.1. The van der Waals surface area contributed by atoms with Gasteiger partial charge in [-0.2, -0.15) is 0 Å². The number of aromatic amines is 1. The van der Waals surface area contributed by atoms with Crippen LogP contribution < -0.4 is 5.56 Å². The summed E-state index contributed by atoms with van der Waals surface area (Å²) < 4.78 is 21.0. The van der Waals surface area contributed by atoms with Crippen LogP contribution in [0.25, 0.3) is 17.1 Å². The second-order valence-corrected chi connectivity index (χ2v) is 7.57. The molecule has 3 aromatic rings. The SMILES string of the molecule is Cc1ccc(Cc2nc3c(Cc4ccccc4)[nH]c(-c4cccc(F)c4)cn-3c2=O)o1. The second kappa shape index (κ2) is 7.72. The van der Waals surface area contributed by atoms with Gasteiger partial charge < -0.3 is 9.40 Å². The summed E-state index contributed by atoms with van der Waals surface area (Å²) in [5.41, 5.74) is 3.38. The molecule has 0 unspecified atom stereocenters. The zero-order valence-electron chi connectivity index (χ0n) is 16.9. The van der Waals surface area contributed by atoms with Gasteiger partial charge >= 0.3 is 0 Å². The van der Waals surface area contributed by atoms with Crippen LogP contribution in [0, 0.1) is 12.7 Å². The highest BCUT2D eigenvalue weighted by molar-refractivity contribution is 5.60. The van der Waals surface area contributed by atoms with Gasteiger partial charge in [0.25, 0.3) is 5.56 Å². The zero-order chi connectivity index (χ0) is 21.4. The van der Waals surface area contributed by atoms with Gasteiger partial charge in [-0.1, -0.05) is 42.5 Å². The fourth-order valence-corrected chi connectivity index (χ4v) is 3.76. The van der Waals surface area contributed by atoms with Gasteiger partial charge in [-0.3, -0.25) is 9.36 Å². The summed E-state index contributed by atoms with van der Waals surface area (Å²) in [7, 11) is 0. The van der Waals surface area contributed by atoms with Gasteiger partial charge in [-0.25, -0.2) is 9.37 Å². The summed E-state index contributed by atoms with van der Waals surface area (Å²) in [6, 6.07) is 20.0. The fraction of sp³-hybridized carbons (Fsp3) is 0.120. The first-order valence-corrected chi connectivity index (χ1v) is 10.0. The predicted octanol–water partition coefficient (Wildman–Crippen LogP) is 4.89. The predicted molar refractivity (Wildman–Crippen MR) is 116 cm³/mol. The molecule has 0 saturated carbocycles. The molecule has 0 atom stereocenters. The average molecular weight is 413 g/mol. The number of halogens is 1. The lowest BCUT2D eigenvalue weighted by Gasteiger charge is -2.13. The lowest BCUT2D eigenvalue weighted by Crippen LogP contribution is -2.17. The van der Waals surface area contributed by atoms with Gasteiger partial charge in [0, 0.05) is 18.2 Å². The molecule has 0 bridgehead atoms. The smallest absolute Gasteiger partial charge is 0.278 e. The van der Waals surface area contributed by atoms with Crippen molar-refractivity contribution in [3.8, 4) is 17.1 Å². The minimum absolute atomic E-state index is 0.204. The summed E-state index contributed by atoms with van der Waals surface area (Å²) in [6.45, 7) is 1.86. The number of H-pyrrole nitrogens is 1. The van der Waals surface area contributed by atoms with Crippen LogP contribution in [0.1, 0.15) is 28.5 Å². The number of imidazole rings is 1. The fourth-order valence-electron chi connectivity index (χ4n) is 3.76. The molecule has 0 aliphatic carbocycles. The Morgan fingerprint density at radius 3 is 2.61 bits per heavy atom. The van der Waals surface area contributed by atoms with Crippen LogP contribution in [0.15, 0.2) is 82.1 Å². The van der Waals surface area contributed by atoms with E-state index in [2.05, 4.69) is 9.97 Å². The molecule has 1 aromatic heterocycles. The molecule has 0 fully saturated rings. The minimum atomic E-state index is -0.336. The first-order chi connectivity index (χ1) is 15.1. The number of nitrogens with zero attached hydrogens (tertiary/aromatic N) is 2. The van der Waals surface area contributed by atoms with Crippen molar-refractivity contribution in [3.63, 3.8) is 0 Å². The highest BCUT2D eigenvalue weighted by atomic mass is 19.1. The minimum Gasteiger partial charge on any atom is -0.466 e. The van der Waals surface area contributed by atoms with E-state index >= 15 is 0 Å². The Morgan fingerprint density at radius 1 is 1.03 bits per heavy atom. The van der Waals surface area contributed by atoms with Gasteiger partial charge in [0.15, 0.2) is 5.82 Å². The Kier molecular flexibility index (Phi) is 4.75. The number of hydrogen-bond acceptors (Lipinski definition) is 3. The van der Waals surface area contributed by atoms with E-state index in [0.29, 0.717) is 41.4 Å². The average Bonchev–Trinajstić information content (AvgIpc) is 3.32. The van der Waals surface area contributed by atoms with E-state index in [9.17, 15) is 9.18 Å². The van der Waals surface area contributed by atoms with E-state index < -0.39 is 0 Å². The molecule has 154 valence electrons. The molecule has 2 aromatic carbocycles. The maximum atomic E-state index is 13.8. The van der Waals surface area contributed by atoms with Crippen molar-refractivity contribution in [2.24, 2.45) is 0 Å². The quantitative estimate of drug-likeness (QED) is 0.446. The van der Waals surface area contributed by atoms with Crippen LogP contribution >= 0.6 is 0 Å². The van der Waals surface area contributed by atoms with Crippen molar-refractivity contribution in [2.45, 2.75) is 19.8 Å². The van der Waals surface area contributed by atoms with Crippen molar-refractivity contribution in [1.29, 1.82) is 0 Å². The summed E-state index contributed by atoms with van der Waals surface area (Å²) in [5.74, 6) is 1.71. The van der Waals surface area contributed by atoms with E-state index in [-0.39, 0.29) is 11.4 Å². The van der Waals surface area contributed by atoms with E-state index in [1.165, 1.54) is 12.1 Å². The van der Waals surface area contributed by atoms with Crippen molar-refractivity contribution >= 4 is 0 Å². The zero-order valence-corrected chi connectivity index (χ0v) is 16.9. The number of benzene rings is 2. The highest BCUT2D eigenvalue weighted by Gasteiger charge is 2.21. The van der Waals surface area contributed by atoms with Gasteiger partial charge in [-0.15, -0.1) is 0 Å². The molecule has 2 aliphatic heterocycles. The Balaban J connectivity index is 1.66. The van der Waals surface area contributed by atoms with Crippen LogP contribution in [0.4, 0.5) is 4.39 Å². The Morgan fingerprint density at radius 2 is 1.87 bits per heavy atom. The number of aromatic nitrogens is 3. The molecule has 6 heteroatoms. The van der Waals surface area contributed by atoms with Crippen molar-refractivity contribution in [1.82, 2.24) is 14.5 Å². The molecule has 0 radical (unpaired) electrons. The maximum Gasteiger partial charge on any atom is 0.278 e. The van der Waals surface area contributed by atoms with Crippen molar-refractivity contribution in [3.05, 3.63) is 118 Å². The molecule has 31 heavy (non-hydrogen) atoms. The molecule has 3 heterocycles. The summed E-state index contributed by atoms with van der Waals surface area (Å²) in [5, 5.41) is 0. The largest absolute Gasteiger partial charge is 0.466 e. The number of fused-ring (bicyclic) bond motifs is 1. The first kappa shape index (κ1) is 19.1. The molecule has 1 N–H and O–H groups in total. The Labute approximate surface area is 178 Å². The van der Waals surface area contributed by atoms with Crippen LogP contribution in [0.3, 0.4) is 0 Å². The standard InChI is InChI=1S/C25H20FN3O2/c1-16-10-11-20(31-16)14-22-25(30)29-15-23(18-8-5-9-19(26)13-18)27-21(24(29)28-22)12-17-6-3-2-4-7-17/h2-11,13,15,27H,12,14H2,1H3. The summed E-state index contributed by atoms with van der Waals surface area (Å²) in [4.78, 5) is 21.2. The Hall–Kier alpha value is -3.93. The van der Waals surface area contributed by atoms with Crippen molar-refractivity contribution < 1.29 is 8.81 Å². The number of furan rings is 1. The third-order valence-electron chi connectivity index (χ3n) is 5.25. The molecule has 2 aliphatic rings. The Bertz CT molecular complexity index is 1380. The number of aryl methyl sites for hydroxylation is 1. The monoisotopic (exact) mass is 413 g/mol. The van der Waals surface area contributed by atoms with Gasteiger partial charge in [0.2, 0.25) is 0 Å². The van der Waals surface area contributed by atoms with E-state index in [1.807, 2.05) is 49.4 Å². The van der Waals surface area contributed by atoms with Gasteiger partial charge in [0.1, 0.15) is 23.0 Å². The van der Waals surface area contributed by atoms with Gasteiger partial charge in [0.05, 0.1) is 17.8 Å². The molecule has 5 nitrogen and oxygen atoms in total. The molecule has 5 rings (SSSR count). The van der Waals surface area contributed by atoms with Crippen LogP contribution in [0.5, 0.6) is 0 Å². The third-order valence-corrected chi connectivity index (χ3v) is 5.25. The number of hydrogen-bond donors (Lipinski definition) is 1. The summed E-state index contributed by atoms with van der Waals surface area (Å²) in [6.07, 6.45) is 2.56. The van der Waals surface area contributed by atoms with Crippen LogP contribution in [0.2, 0.25) is 0 Å². The number of nitrogens with one attached hydrogen (secondary N) is 1. The maximum absolute atomic E-state index is 13.8. The van der Waals surface area contributed by atoms with E-state index in [4.69, 9.17) is 4.42 Å². The highest BCUT2D eigenvalue weighted by Crippen LogP contribution is 2.24. The number of rotatable bonds is 5. The molecule has 0 amide bonds. The molecule has 0 saturated heterocycles.